The number of benzene rings is 1. The number of nitrogens with zero attached hydrogens (tertiary/aromatic N) is 3. The number of aromatic nitrogens is 2. The molecule has 1 heterocycles. The van der Waals surface area contributed by atoms with Crippen molar-refractivity contribution < 1.29 is 4.79 Å². The molecule has 0 saturated carbocycles. The molecule has 0 aliphatic rings. The van der Waals surface area contributed by atoms with Gasteiger partial charge in [-0.1, -0.05) is 30.3 Å². The Balaban J connectivity index is 2.52. The third-order valence-electron chi connectivity index (χ3n) is 2.78. The molecule has 0 aliphatic heterocycles. The van der Waals surface area contributed by atoms with Crippen LogP contribution in [0.2, 0.25) is 0 Å². The summed E-state index contributed by atoms with van der Waals surface area (Å²) in [5.74, 6) is -0.0685. The first-order valence-electron chi connectivity index (χ1n) is 5.98. The number of aryl methyl sites for hydroxylation is 1. The van der Waals surface area contributed by atoms with Gasteiger partial charge in [0.2, 0.25) is 0 Å². The predicted octanol–water partition coefficient (Wildman–Crippen LogP) is 2.27. The van der Waals surface area contributed by atoms with Gasteiger partial charge in [-0.05, 0) is 12.5 Å². The van der Waals surface area contributed by atoms with Gasteiger partial charge >= 0.3 is 0 Å². The fourth-order valence-corrected chi connectivity index (χ4v) is 1.78. The first-order chi connectivity index (χ1) is 8.63. The highest BCUT2D eigenvalue weighted by atomic mass is 16.2. The number of carbonyl (C=O) groups excluding carboxylic acids is 1. The van der Waals surface area contributed by atoms with E-state index in [1.807, 2.05) is 43.5 Å². The van der Waals surface area contributed by atoms with Gasteiger partial charge in [0.25, 0.3) is 5.91 Å². The minimum atomic E-state index is -0.0685. The van der Waals surface area contributed by atoms with Gasteiger partial charge in [-0.15, -0.1) is 0 Å². The molecule has 18 heavy (non-hydrogen) atoms. The van der Waals surface area contributed by atoms with Crippen LogP contribution < -0.4 is 0 Å². The quantitative estimate of drug-likeness (QED) is 0.829. The van der Waals surface area contributed by atoms with Crippen LogP contribution in [0.3, 0.4) is 0 Å². The fraction of sp³-hybridized carbons (Fsp3) is 0.286. The van der Waals surface area contributed by atoms with Crippen LogP contribution in [0, 0.1) is 0 Å². The Morgan fingerprint density at radius 3 is 2.50 bits per heavy atom. The molecule has 2 rings (SSSR count). The van der Waals surface area contributed by atoms with Crippen molar-refractivity contribution >= 4 is 5.91 Å². The van der Waals surface area contributed by atoms with Gasteiger partial charge in [0.15, 0.2) is 5.69 Å². The summed E-state index contributed by atoms with van der Waals surface area (Å²) < 4.78 is 1.79. The molecule has 4 nitrogen and oxygen atoms in total. The Kier molecular flexibility index (Phi) is 3.46. The van der Waals surface area contributed by atoms with Gasteiger partial charge in [0.1, 0.15) is 0 Å². The van der Waals surface area contributed by atoms with E-state index < -0.39 is 0 Å². The maximum absolute atomic E-state index is 12.1. The summed E-state index contributed by atoms with van der Waals surface area (Å²) in [7, 11) is 3.48. The minimum Gasteiger partial charge on any atom is -0.343 e. The van der Waals surface area contributed by atoms with Gasteiger partial charge in [0, 0.05) is 32.4 Å². The van der Waals surface area contributed by atoms with Crippen molar-refractivity contribution in [2.24, 2.45) is 0 Å². The molecule has 0 N–H and O–H groups in total. The highest BCUT2D eigenvalue weighted by Gasteiger charge is 2.18. The minimum absolute atomic E-state index is 0.0685. The molecule has 2 aromatic rings. The Labute approximate surface area is 107 Å². The van der Waals surface area contributed by atoms with Crippen LogP contribution in [0.15, 0.2) is 36.5 Å². The predicted molar refractivity (Wildman–Crippen MR) is 71.4 cm³/mol. The molecule has 0 radical (unpaired) electrons. The van der Waals surface area contributed by atoms with Gasteiger partial charge in [-0.2, -0.15) is 5.10 Å². The number of amides is 1. The van der Waals surface area contributed by atoms with Gasteiger partial charge in [-0.25, -0.2) is 0 Å². The summed E-state index contributed by atoms with van der Waals surface area (Å²) in [5, 5.41) is 4.35. The summed E-state index contributed by atoms with van der Waals surface area (Å²) >= 11 is 0. The molecule has 0 unspecified atom stereocenters. The van der Waals surface area contributed by atoms with E-state index >= 15 is 0 Å². The van der Waals surface area contributed by atoms with Crippen molar-refractivity contribution in [3.8, 4) is 11.1 Å². The van der Waals surface area contributed by atoms with Gasteiger partial charge in [-0.3, -0.25) is 9.48 Å². The van der Waals surface area contributed by atoms with Crippen molar-refractivity contribution in [3.63, 3.8) is 0 Å². The molecule has 0 saturated heterocycles. The van der Waals surface area contributed by atoms with E-state index in [-0.39, 0.29) is 5.91 Å². The first-order valence-corrected chi connectivity index (χ1v) is 5.98. The zero-order chi connectivity index (χ0) is 13.1. The summed E-state index contributed by atoms with van der Waals surface area (Å²) in [6, 6.07) is 9.86. The number of carbonyl (C=O) groups is 1. The van der Waals surface area contributed by atoms with Crippen LogP contribution in [0.25, 0.3) is 11.1 Å². The lowest BCUT2D eigenvalue weighted by molar-refractivity contribution is 0.0822. The van der Waals surface area contributed by atoms with Gasteiger partial charge < -0.3 is 4.90 Å². The highest BCUT2D eigenvalue weighted by molar-refractivity contribution is 5.98. The second kappa shape index (κ2) is 5.04. The highest BCUT2D eigenvalue weighted by Crippen LogP contribution is 2.23. The second-order valence-electron chi connectivity index (χ2n) is 4.31. The Hall–Kier alpha value is -2.10. The third-order valence-corrected chi connectivity index (χ3v) is 2.78. The number of hydrogen-bond acceptors (Lipinski definition) is 2. The molecule has 4 heteroatoms. The molecular weight excluding hydrogens is 226 g/mol. The Morgan fingerprint density at radius 1 is 1.28 bits per heavy atom. The average molecular weight is 243 g/mol. The summed E-state index contributed by atoms with van der Waals surface area (Å²) in [5.41, 5.74) is 2.41. The maximum Gasteiger partial charge on any atom is 0.274 e. The smallest absolute Gasteiger partial charge is 0.274 e. The van der Waals surface area contributed by atoms with E-state index in [2.05, 4.69) is 5.10 Å². The zero-order valence-electron chi connectivity index (χ0n) is 10.9. The standard InChI is InChI=1S/C14H17N3O/c1-4-17-10-12(11-8-6-5-7-9-11)13(15-17)14(18)16(2)3/h5-10H,4H2,1-3H3. The summed E-state index contributed by atoms with van der Waals surface area (Å²) in [6.07, 6.45) is 1.92. The van der Waals surface area contributed by atoms with E-state index in [1.54, 1.807) is 23.7 Å². The molecule has 0 bridgehead atoms. The lowest BCUT2D eigenvalue weighted by atomic mass is 10.1. The van der Waals surface area contributed by atoms with E-state index in [0.29, 0.717) is 5.69 Å². The van der Waals surface area contributed by atoms with Crippen molar-refractivity contribution in [2.75, 3.05) is 14.1 Å². The van der Waals surface area contributed by atoms with Gasteiger partial charge in [0.05, 0.1) is 0 Å². The second-order valence-corrected chi connectivity index (χ2v) is 4.31. The first kappa shape index (κ1) is 12.4. The molecular formula is C14H17N3O. The van der Waals surface area contributed by atoms with E-state index in [0.717, 1.165) is 17.7 Å². The normalized spacial score (nSPS) is 10.4. The Morgan fingerprint density at radius 2 is 1.94 bits per heavy atom. The van der Waals surface area contributed by atoms with Crippen LogP contribution in [-0.2, 0) is 6.54 Å². The molecule has 1 aromatic heterocycles. The van der Waals surface area contributed by atoms with Crippen molar-refractivity contribution in [3.05, 3.63) is 42.2 Å². The molecule has 0 aliphatic carbocycles. The summed E-state index contributed by atoms with van der Waals surface area (Å²) in [4.78, 5) is 13.7. The summed E-state index contributed by atoms with van der Waals surface area (Å²) in [6.45, 7) is 2.76. The molecule has 1 aromatic carbocycles. The lowest BCUT2D eigenvalue weighted by Crippen LogP contribution is -2.23. The monoisotopic (exact) mass is 243 g/mol. The molecule has 0 atom stereocenters. The Bertz CT molecular complexity index is 543. The van der Waals surface area contributed by atoms with Crippen molar-refractivity contribution in [1.82, 2.24) is 14.7 Å². The third kappa shape index (κ3) is 2.27. The van der Waals surface area contributed by atoms with E-state index in [9.17, 15) is 4.79 Å². The molecule has 1 amide bonds. The van der Waals surface area contributed by atoms with Crippen LogP contribution in [0.5, 0.6) is 0 Å². The maximum atomic E-state index is 12.1. The van der Waals surface area contributed by atoms with Crippen LogP contribution in [0.1, 0.15) is 17.4 Å². The number of hydrogen-bond donors (Lipinski definition) is 0. The van der Waals surface area contributed by atoms with E-state index in [1.165, 1.54) is 0 Å². The topological polar surface area (TPSA) is 38.1 Å². The zero-order valence-corrected chi connectivity index (χ0v) is 10.9. The van der Waals surface area contributed by atoms with Crippen molar-refractivity contribution in [1.29, 1.82) is 0 Å². The molecule has 0 spiro atoms. The van der Waals surface area contributed by atoms with Crippen molar-refractivity contribution in [2.45, 2.75) is 13.5 Å². The SMILES string of the molecule is CCn1cc(-c2ccccc2)c(C(=O)N(C)C)n1. The van der Waals surface area contributed by atoms with Crippen LogP contribution >= 0.6 is 0 Å². The van der Waals surface area contributed by atoms with E-state index in [4.69, 9.17) is 0 Å². The molecule has 94 valence electrons. The number of rotatable bonds is 3. The van der Waals surface area contributed by atoms with Crippen LogP contribution in [0.4, 0.5) is 0 Å². The van der Waals surface area contributed by atoms with Crippen LogP contribution in [-0.4, -0.2) is 34.7 Å². The fourth-order valence-electron chi connectivity index (χ4n) is 1.78. The largest absolute Gasteiger partial charge is 0.343 e. The lowest BCUT2D eigenvalue weighted by Gasteiger charge is -2.09. The molecule has 0 fully saturated rings. The average Bonchev–Trinajstić information content (AvgIpc) is 2.82.